The van der Waals surface area contributed by atoms with Crippen LogP contribution in [-0.2, 0) is 4.79 Å². The van der Waals surface area contributed by atoms with Crippen molar-refractivity contribution in [3.05, 3.63) is 60.0 Å². The third kappa shape index (κ3) is 4.03. The number of ether oxygens (including phenoxy) is 1. The predicted molar refractivity (Wildman–Crippen MR) is 116 cm³/mol. The van der Waals surface area contributed by atoms with Gasteiger partial charge in [0.25, 0.3) is 0 Å². The van der Waals surface area contributed by atoms with Gasteiger partial charge in [-0.25, -0.2) is 0 Å². The molecule has 1 N–H and O–H groups in total. The molecule has 7 nitrogen and oxygen atoms in total. The number of fused-ring (bicyclic) bond motifs is 1. The minimum absolute atomic E-state index is 0.0415. The largest absolute Gasteiger partial charge is 0.496 e. The lowest BCUT2D eigenvalue weighted by Crippen LogP contribution is -2.48. The van der Waals surface area contributed by atoms with E-state index in [0.717, 1.165) is 48.7 Å². The first-order valence-corrected chi connectivity index (χ1v) is 10.6. The van der Waals surface area contributed by atoms with Gasteiger partial charge in [-0.2, -0.15) is 0 Å². The number of pyridine rings is 1. The minimum Gasteiger partial charge on any atom is -0.496 e. The van der Waals surface area contributed by atoms with E-state index >= 15 is 0 Å². The Morgan fingerprint density at radius 3 is 2.60 bits per heavy atom. The second-order valence-corrected chi connectivity index (χ2v) is 7.95. The molecule has 0 aliphatic carbocycles. The van der Waals surface area contributed by atoms with E-state index in [-0.39, 0.29) is 18.0 Å². The van der Waals surface area contributed by atoms with Crippen LogP contribution in [0, 0.1) is 0 Å². The van der Waals surface area contributed by atoms with Crippen molar-refractivity contribution in [3.8, 4) is 5.75 Å². The molecule has 1 amide bonds. The number of nitrogens with zero attached hydrogens (tertiary/aromatic N) is 4. The molecule has 7 heteroatoms. The number of para-hydroxylation sites is 1. The molecule has 0 radical (unpaired) electrons. The number of aromatic nitrogens is 3. The van der Waals surface area contributed by atoms with E-state index in [9.17, 15) is 4.79 Å². The standard InChI is InChI=1S/C23H29N5O2/c1-16(19-8-4-5-9-20(19)30-3)24-23(29)17(2)27-14-11-18(12-15-27)22-26-25-21-10-6-7-13-28(21)22/h4-10,13,16-18H,11-12,14-15H2,1-3H3,(H,24,29). The summed E-state index contributed by atoms with van der Waals surface area (Å²) in [6, 6.07) is 13.5. The van der Waals surface area contributed by atoms with Crippen LogP contribution in [-0.4, -0.2) is 51.6 Å². The molecule has 1 aliphatic rings. The van der Waals surface area contributed by atoms with Gasteiger partial charge in [0.2, 0.25) is 5.91 Å². The second kappa shape index (κ2) is 8.83. The van der Waals surface area contributed by atoms with Crippen molar-refractivity contribution >= 4 is 11.6 Å². The second-order valence-electron chi connectivity index (χ2n) is 7.95. The first kappa shape index (κ1) is 20.3. The number of methoxy groups -OCH3 is 1. The maximum atomic E-state index is 12.9. The van der Waals surface area contributed by atoms with E-state index in [0.29, 0.717) is 5.92 Å². The highest BCUT2D eigenvalue weighted by Crippen LogP contribution is 2.28. The summed E-state index contributed by atoms with van der Waals surface area (Å²) in [7, 11) is 1.65. The molecule has 2 atom stereocenters. The van der Waals surface area contributed by atoms with Gasteiger partial charge in [-0.3, -0.25) is 14.1 Å². The Hall–Kier alpha value is -2.93. The van der Waals surface area contributed by atoms with Crippen molar-refractivity contribution < 1.29 is 9.53 Å². The van der Waals surface area contributed by atoms with E-state index in [1.165, 1.54) is 0 Å². The number of carbonyl (C=O) groups excluding carboxylic acids is 1. The van der Waals surface area contributed by atoms with Crippen LogP contribution >= 0.6 is 0 Å². The van der Waals surface area contributed by atoms with Gasteiger partial charge in [0.05, 0.1) is 19.2 Å². The number of hydrogen-bond donors (Lipinski definition) is 1. The summed E-state index contributed by atoms with van der Waals surface area (Å²) in [5.41, 5.74) is 1.87. The highest BCUT2D eigenvalue weighted by Gasteiger charge is 2.30. The molecule has 3 aromatic rings. The SMILES string of the molecule is COc1ccccc1C(C)NC(=O)C(C)N1CCC(c2nnc3ccccn23)CC1. The van der Waals surface area contributed by atoms with E-state index in [1.807, 2.05) is 62.5 Å². The fraction of sp³-hybridized carbons (Fsp3) is 0.435. The van der Waals surface area contributed by atoms with Crippen molar-refractivity contribution in [1.29, 1.82) is 0 Å². The third-order valence-electron chi connectivity index (χ3n) is 6.13. The van der Waals surface area contributed by atoms with Gasteiger partial charge < -0.3 is 10.1 Å². The third-order valence-corrected chi connectivity index (χ3v) is 6.13. The Kier molecular flexibility index (Phi) is 5.99. The Morgan fingerprint density at radius 1 is 1.10 bits per heavy atom. The van der Waals surface area contributed by atoms with Crippen LogP contribution in [0.1, 0.15) is 50.0 Å². The molecule has 4 rings (SSSR count). The smallest absolute Gasteiger partial charge is 0.237 e. The zero-order valence-corrected chi connectivity index (χ0v) is 17.8. The predicted octanol–water partition coefficient (Wildman–Crippen LogP) is 3.18. The fourth-order valence-corrected chi connectivity index (χ4v) is 4.28. The molecular weight excluding hydrogens is 378 g/mol. The highest BCUT2D eigenvalue weighted by atomic mass is 16.5. The number of amides is 1. The first-order valence-electron chi connectivity index (χ1n) is 10.6. The van der Waals surface area contributed by atoms with Crippen LogP contribution in [0.15, 0.2) is 48.7 Å². The van der Waals surface area contributed by atoms with Gasteiger partial charge in [0.1, 0.15) is 11.6 Å². The molecule has 1 saturated heterocycles. The van der Waals surface area contributed by atoms with Gasteiger partial charge in [0.15, 0.2) is 5.65 Å². The summed E-state index contributed by atoms with van der Waals surface area (Å²) in [4.78, 5) is 15.1. The highest BCUT2D eigenvalue weighted by molar-refractivity contribution is 5.81. The van der Waals surface area contributed by atoms with E-state index in [2.05, 4.69) is 24.8 Å². The monoisotopic (exact) mass is 407 g/mol. The Labute approximate surface area is 177 Å². The van der Waals surface area contributed by atoms with Crippen LogP contribution in [0.4, 0.5) is 0 Å². The first-order chi connectivity index (χ1) is 14.6. The molecule has 30 heavy (non-hydrogen) atoms. The number of benzene rings is 1. The van der Waals surface area contributed by atoms with Crippen molar-refractivity contribution in [1.82, 2.24) is 24.8 Å². The van der Waals surface area contributed by atoms with E-state index in [4.69, 9.17) is 4.74 Å². The average molecular weight is 408 g/mol. The molecule has 2 unspecified atom stereocenters. The summed E-state index contributed by atoms with van der Waals surface area (Å²) >= 11 is 0. The van der Waals surface area contributed by atoms with Crippen molar-refractivity contribution in [2.45, 2.75) is 44.7 Å². The quantitative estimate of drug-likeness (QED) is 0.680. The topological polar surface area (TPSA) is 71.8 Å². The van der Waals surface area contributed by atoms with Gasteiger partial charge in [0, 0.05) is 17.7 Å². The van der Waals surface area contributed by atoms with Crippen LogP contribution in [0.25, 0.3) is 5.65 Å². The molecule has 3 heterocycles. The Balaban J connectivity index is 1.35. The van der Waals surface area contributed by atoms with Crippen LogP contribution in [0.3, 0.4) is 0 Å². The van der Waals surface area contributed by atoms with E-state index < -0.39 is 0 Å². The van der Waals surface area contributed by atoms with Crippen LogP contribution in [0.5, 0.6) is 5.75 Å². The summed E-state index contributed by atoms with van der Waals surface area (Å²) in [5.74, 6) is 2.22. The number of hydrogen-bond acceptors (Lipinski definition) is 5. The number of piperidine rings is 1. The van der Waals surface area contributed by atoms with Crippen LogP contribution < -0.4 is 10.1 Å². The molecule has 1 aliphatic heterocycles. The van der Waals surface area contributed by atoms with Gasteiger partial charge in [-0.15, -0.1) is 10.2 Å². The molecule has 0 spiro atoms. The minimum atomic E-state index is -0.182. The zero-order valence-electron chi connectivity index (χ0n) is 17.8. The molecule has 158 valence electrons. The number of carbonyl (C=O) groups is 1. The normalized spacial score (nSPS) is 17.6. The zero-order chi connectivity index (χ0) is 21.1. The number of likely N-dealkylation sites (tertiary alicyclic amines) is 1. The molecular formula is C23H29N5O2. The van der Waals surface area contributed by atoms with Crippen LogP contribution in [0.2, 0.25) is 0 Å². The lowest BCUT2D eigenvalue weighted by molar-refractivity contribution is -0.127. The lowest BCUT2D eigenvalue weighted by Gasteiger charge is -2.35. The molecule has 1 fully saturated rings. The molecule has 1 aromatic carbocycles. The molecule has 2 aromatic heterocycles. The van der Waals surface area contributed by atoms with Crippen molar-refractivity contribution in [3.63, 3.8) is 0 Å². The summed E-state index contributed by atoms with van der Waals surface area (Å²) in [6.07, 6.45) is 3.96. The van der Waals surface area contributed by atoms with Gasteiger partial charge in [-0.05, 0) is 58.0 Å². The van der Waals surface area contributed by atoms with Crippen molar-refractivity contribution in [2.75, 3.05) is 20.2 Å². The van der Waals surface area contributed by atoms with Crippen molar-refractivity contribution in [2.24, 2.45) is 0 Å². The summed E-state index contributed by atoms with van der Waals surface area (Å²) in [6.45, 7) is 5.70. The van der Waals surface area contributed by atoms with Gasteiger partial charge in [-0.1, -0.05) is 24.3 Å². The maximum Gasteiger partial charge on any atom is 0.237 e. The molecule has 0 bridgehead atoms. The summed E-state index contributed by atoms with van der Waals surface area (Å²) < 4.78 is 7.50. The number of rotatable bonds is 6. The van der Waals surface area contributed by atoms with E-state index in [1.54, 1.807) is 7.11 Å². The Bertz CT molecular complexity index is 1010. The average Bonchev–Trinajstić information content (AvgIpc) is 3.22. The fourth-order valence-electron chi connectivity index (χ4n) is 4.28. The molecule has 0 saturated carbocycles. The number of nitrogens with one attached hydrogen (secondary N) is 1. The van der Waals surface area contributed by atoms with Gasteiger partial charge >= 0.3 is 0 Å². The maximum absolute atomic E-state index is 12.9. The Morgan fingerprint density at radius 2 is 1.83 bits per heavy atom. The lowest BCUT2D eigenvalue weighted by atomic mass is 9.95. The summed E-state index contributed by atoms with van der Waals surface area (Å²) in [5, 5.41) is 11.8.